The molecule has 1 atom stereocenters. The number of nitrogens with zero attached hydrogens (tertiary/aromatic N) is 1. The zero-order chi connectivity index (χ0) is 23.8. The van der Waals surface area contributed by atoms with E-state index in [9.17, 15) is 13.2 Å². The molecule has 0 radical (unpaired) electrons. The third kappa shape index (κ3) is 6.34. The summed E-state index contributed by atoms with van der Waals surface area (Å²) >= 11 is 0. The highest BCUT2D eigenvalue weighted by molar-refractivity contribution is 7.89. The first-order valence-electron chi connectivity index (χ1n) is 10.4. The zero-order valence-electron chi connectivity index (χ0n) is 18.9. The second-order valence-electron chi connectivity index (χ2n) is 7.50. The molecule has 7 nitrogen and oxygen atoms in total. The van der Waals surface area contributed by atoms with E-state index in [1.165, 1.54) is 23.5 Å². The van der Waals surface area contributed by atoms with Gasteiger partial charge in [-0.3, -0.25) is 4.79 Å². The zero-order valence-corrected chi connectivity index (χ0v) is 19.7. The van der Waals surface area contributed by atoms with Gasteiger partial charge in [0.15, 0.2) is 0 Å². The second-order valence-corrected chi connectivity index (χ2v) is 9.43. The minimum Gasteiger partial charge on any atom is -0.497 e. The van der Waals surface area contributed by atoms with Crippen molar-refractivity contribution in [2.45, 2.75) is 24.4 Å². The van der Waals surface area contributed by atoms with Crippen molar-refractivity contribution in [1.29, 1.82) is 0 Å². The number of amides is 1. The Labute approximate surface area is 195 Å². The molecule has 33 heavy (non-hydrogen) atoms. The third-order valence-electron chi connectivity index (χ3n) is 5.21. The molecule has 0 aliphatic heterocycles. The number of carbonyl (C=O) groups excluding carboxylic acids is 1. The van der Waals surface area contributed by atoms with Gasteiger partial charge in [0.05, 0.1) is 31.7 Å². The average Bonchev–Trinajstić information content (AvgIpc) is 2.84. The van der Waals surface area contributed by atoms with Crippen molar-refractivity contribution < 1.29 is 22.7 Å². The molecule has 1 N–H and O–H groups in total. The van der Waals surface area contributed by atoms with Crippen molar-refractivity contribution in [2.75, 3.05) is 20.8 Å². The molecule has 3 aromatic carbocycles. The lowest BCUT2D eigenvalue weighted by Gasteiger charge is -2.23. The van der Waals surface area contributed by atoms with E-state index in [-0.39, 0.29) is 24.0 Å². The van der Waals surface area contributed by atoms with Crippen LogP contribution in [-0.4, -0.2) is 39.4 Å². The molecule has 0 saturated heterocycles. The van der Waals surface area contributed by atoms with Crippen molar-refractivity contribution in [2.24, 2.45) is 0 Å². The number of carbonyl (C=O) groups is 1. The Balaban J connectivity index is 1.80. The number of nitrogens with one attached hydrogen (secondary N) is 1. The van der Waals surface area contributed by atoms with Gasteiger partial charge >= 0.3 is 0 Å². The molecule has 0 saturated carbocycles. The number of rotatable bonds is 10. The van der Waals surface area contributed by atoms with Gasteiger partial charge in [-0.05, 0) is 54.4 Å². The summed E-state index contributed by atoms with van der Waals surface area (Å²) in [6.45, 7) is 1.60. The molecule has 0 aromatic heterocycles. The summed E-state index contributed by atoms with van der Waals surface area (Å²) in [6, 6.07) is 22.3. The van der Waals surface area contributed by atoms with Crippen LogP contribution < -0.4 is 14.8 Å². The highest BCUT2D eigenvalue weighted by Gasteiger charge is 2.27. The quantitative estimate of drug-likeness (QED) is 0.490. The van der Waals surface area contributed by atoms with Crippen LogP contribution in [0.5, 0.6) is 11.5 Å². The van der Waals surface area contributed by atoms with Crippen molar-refractivity contribution in [1.82, 2.24) is 9.62 Å². The standard InChI is InChI=1S/C25H28N2O5S/c1-19(21-9-11-22(31-2)12-10-21)26-25(28)18-27(17-20-7-5-4-6-8-20)33(29,30)24-15-13-23(32-3)14-16-24/h4-16,19H,17-18H2,1-3H3,(H,26,28)/t19-/m1/s1. The summed E-state index contributed by atoms with van der Waals surface area (Å²) < 4.78 is 38.2. The number of hydrogen-bond donors (Lipinski definition) is 1. The van der Waals surface area contributed by atoms with Gasteiger partial charge in [0.1, 0.15) is 11.5 Å². The van der Waals surface area contributed by atoms with Gasteiger partial charge in [0.25, 0.3) is 0 Å². The van der Waals surface area contributed by atoms with Crippen molar-refractivity contribution >= 4 is 15.9 Å². The second kappa shape index (κ2) is 11.0. The fraction of sp³-hybridized carbons (Fsp3) is 0.240. The molecule has 0 aliphatic carbocycles. The first kappa shape index (κ1) is 24.3. The topological polar surface area (TPSA) is 84.9 Å². The predicted molar refractivity (Wildman–Crippen MR) is 127 cm³/mol. The largest absolute Gasteiger partial charge is 0.497 e. The molecule has 174 valence electrons. The molecule has 0 spiro atoms. The van der Waals surface area contributed by atoms with E-state index in [0.29, 0.717) is 5.75 Å². The van der Waals surface area contributed by atoms with E-state index < -0.39 is 15.9 Å². The van der Waals surface area contributed by atoms with E-state index in [0.717, 1.165) is 16.9 Å². The van der Waals surface area contributed by atoms with Gasteiger partial charge in [0, 0.05) is 6.54 Å². The van der Waals surface area contributed by atoms with Crippen LogP contribution in [0.15, 0.2) is 83.8 Å². The molecule has 3 aromatic rings. The first-order chi connectivity index (χ1) is 15.8. The maximum atomic E-state index is 13.4. The maximum absolute atomic E-state index is 13.4. The predicted octanol–water partition coefficient (Wildman–Crippen LogP) is 3.77. The molecule has 0 bridgehead atoms. The van der Waals surface area contributed by atoms with Crippen LogP contribution in [0, 0.1) is 0 Å². The van der Waals surface area contributed by atoms with Crippen molar-refractivity contribution in [3.63, 3.8) is 0 Å². The number of methoxy groups -OCH3 is 2. The summed E-state index contributed by atoms with van der Waals surface area (Å²) in [6.07, 6.45) is 0. The molecule has 0 unspecified atom stereocenters. The van der Waals surface area contributed by atoms with E-state index in [1.807, 2.05) is 61.5 Å². The molecule has 0 aliphatic rings. The lowest BCUT2D eigenvalue weighted by atomic mass is 10.1. The molecule has 1 amide bonds. The van der Waals surface area contributed by atoms with Gasteiger partial charge in [-0.2, -0.15) is 4.31 Å². The van der Waals surface area contributed by atoms with E-state index in [4.69, 9.17) is 9.47 Å². The van der Waals surface area contributed by atoms with Gasteiger partial charge < -0.3 is 14.8 Å². The Morgan fingerprint density at radius 2 is 1.42 bits per heavy atom. The number of hydrogen-bond acceptors (Lipinski definition) is 5. The molecule has 3 rings (SSSR count). The van der Waals surface area contributed by atoms with E-state index in [1.54, 1.807) is 19.2 Å². The fourth-order valence-electron chi connectivity index (χ4n) is 3.33. The van der Waals surface area contributed by atoms with E-state index >= 15 is 0 Å². The molecular formula is C25H28N2O5S. The number of sulfonamides is 1. The van der Waals surface area contributed by atoms with Crippen molar-refractivity contribution in [3.05, 3.63) is 90.0 Å². The van der Waals surface area contributed by atoms with Crippen LogP contribution in [0.4, 0.5) is 0 Å². The average molecular weight is 469 g/mol. The van der Waals surface area contributed by atoms with Crippen LogP contribution >= 0.6 is 0 Å². The minimum absolute atomic E-state index is 0.0690. The summed E-state index contributed by atoms with van der Waals surface area (Å²) in [5.74, 6) is 0.873. The lowest BCUT2D eigenvalue weighted by Crippen LogP contribution is -2.41. The molecule has 8 heteroatoms. The molecule has 0 heterocycles. The molecular weight excluding hydrogens is 440 g/mol. The normalized spacial score (nSPS) is 12.2. The smallest absolute Gasteiger partial charge is 0.243 e. The van der Waals surface area contributed by atoms with E-state index in [2.05, 4.69) is 5.32 Å². The van der Waals surface area contributed by atoms with Gasteiger partial charge in [0.2, 0.25) is 15.9 Å². The summed E-state index contributed by atoms with van der Waals surface area (Å²) in [5.41, 5.74) is 1.67. The Morgan fingerprint density at radius 1 is 0.879 bits per heavy atom. The van der Waals surface area contributed by atoms with Gasteiger partial charge in [-0.1, -0.05) is 42.5 Å². The SMILES string of the molecule is COc1ccc([C@@H](C)NC(=O)CN(Cc2ccccc2)S(=O)(=O)c2ccc(OC)cc2)cc1. The van der Waals surface area contributed by atoms with Crippen LogP contribution in [-0.2, 0) is 21.4 Å². The first-order valence-corrected chi connectivity index (χ1v) is 11.9. The summed E-state index contributed by atoms with van der Waals surface area (Å²) in [4.78, 5) is 13.0. The highest BCUT2D eigenvalue weighted by Crippen LogP contribution is 2.22. The monoisotopic (exact) mass is 468 g/mol. The minimum atomic E-state index is -3.93. The maximum Gasteiger partial charge on any atom is 0.243 e. The number of ether oxygens (including phenoxy) is 2. The van der Waals surface area contributed by atoms with Gasteiger partial charge in [-0.25, -0.2) is 8.42 Å². The highest BCUT2D eigenvalue weighted by atomic mass is 32.2. The van der Waals surface area contributed by atoms with Crippen LogP contribution in [0.25, 0.3) is 0 Å². The fourth-order valence-corrected chi connectivity index (χ4v) is 4.72. The Morgan fingerprint density at radius 3 is 1.97 bits per heavy atom. The summed E-state index contributed by atoms with van der Waals surface area (Å²) in [5, 5.41) is 2.89. The van der Waals surface area contributed by atoms with Crippen LogP contribution in [0.1, 0.15) is 24.1 Å². The van der Waals surface area contributed by atoms with Crippen LogP contribution in [0.3, 0.4) is 0 Å². The Hall–Kier alpha value is -3.36. The van der Waals surface area contributed by atoms with Gasteiger partial charge in [-0.15, -0.1) is 0 Å². The Bertz CT molecular complexity index is 1150. The molecule has 0 fully saturated rings. The number of benzene rings is 3. The lowest BCUT2D eigenvalue weighted by molar-refractivity contribution is -0.122. The third-order valence-corrected chi connectivity index (χ3v) is 7.02. The Kier molecular flexibility index (Phi) is 8.08. The van der Waals surface area contributed by atoms with Crippen LogP contribution in [0.2, 0.25) is 0 Å². The van der Waals surface area contributed by atoms with Crippen molar-refractivity contribution in [3.8, 4) is 11.5 Å². The summed E-state index contributed by atoms with van der Waals surface area (Å²) in [7, 11) is -0.827.